The van der Waals surface area contributed by atoms with E-state index in [9.17, 15) is 14.7 Å². The lowest BCUT2D eigenvalue weighted by molar-refractivity contribution is -0.149. The summed E-state index contributed by atoms with van der Waals surface area (Å²) in [5.74, 6) is 1.13. The number of urea groups is 1. The zero-order valence-electron chi connectivity index (χ0n) is 20.3. The second kappa shape index (κ2) is 11.5. The zero-order valence-corrected chi connectivity index (χ0v) is 20.3. The quantitative estimate of drug-likeness (QED) is 0.594. The van der Waals surface area contributed by atoms with E-state index < -0.39 is 6.10 Å². The molecule has 10 heteroatoms. The third kappa shape index (κ3) is 6.28. The van der Waals surface area contributed by atoms with E-state index in [0.717, 1.165) is 6.54 Å². The lowest BCUT2D eigenvalue weighted by atomic mass is 9.89. The van der Waals surface area contributed by atoms with Gasteiger partial charge in [-0.2, -0.15) is 0 Å². The van der Waals surface area contributed by atoms with E-state index in [4.69, 9.17) is 14.0 Å². The van der Waals surface area contributed by atoms with Gasteiger partial charge in [0.05, 0.1) is 44.4 Å². The Morgan fingerprint density at radius 2 is 1.91 bits per heavy atom. The van der Waals surface area contributed by atoms with Crippen molar-refractivity contribution >= 4 is 17.6 Å². The first-order chi connectivity index (χ1) is 16.4. The number of aryl methyl sites for hydroxylation is 2. The molecule has 4 atom stereocenters. The highest BCUT2D eigenvalue weighted by molar-refractivity contribution is 5.90. The van der Waals surface area contributed by atoms with Crippen LogP contribution < -0.4 is 10.6 Å². The first kappa shape index (κ1) is 24.9. The highest BCUT2D eigenvalue weighted by Crippen LogP contribution is 2.29. The van der Waals surface area contributed by atoms with Crippen LogP contribution in [0.5, 0.6) is 0 Å². The molecule has 1 aromatic rings. The van der Waals surface area contributed by atoms with Crippen LogP contribution in [0, 0.1) is 19.8 Å². The molecule has 3 heterocycles. The molecule has 0 aromatic carbocycles. The van der Waals surface area contributed by atoms with E-state index in [-0.39, 0.29) is 49.9 Å². The van der Waals surface area contributed by atoms with E-state index in [0.29, 0.717) is 42.3 Å². The molecule has 0 radical (unpaired) electrons. The molecule has 0 bridgehead atoms. The van der Waals surface area contributed by atoms with Gasteiger partial charge in [0, 0.05) is 6.54 Å². The molecule has 34 heavy (non-hydrogen) atoms. The van der Waals surface area contributed by atoms with Crippen LogP contribution in [-0.2, 0) is 14.3 Å². The summed E-state index contributed by atoms with van der Waals surface area (Å²) in [6.07, 6.45) is 6.45. The first-order valence-electron chi connectivity index (χ1n) is 12.6. The van der Waals surface area contributed by atoms with Crippen molar-refractivity contribution in [1.82, 2.24) is 15.4 Å². The number of aliphatic hydroxyl groups excluding tert-OH is 1. The number of nitrogens with zero attached hydrogens (tertiary/aromatic N) is 2. The van der Waals surface area contributed by atoms with Crippen LogP contribution in [-0.4, -0.2) is 77.8 Å². The van der Waals surface area contributed by atoms with E-state index in [1.165, 1.54) is 32.1 Å². The summed E-state index contributed by atoms with van der Waals surface area (Å²) in [4.78, 5) is 27.4. The number of β-amino-alcohol motifs (C(OH)–C–C–N with tert-alkyl or cyclic N) is 1. The predicted molar refractivity (Wildman–Crippen MR) is 124 cm³/mol. The highest BCUT2D eigenvalue weighted by Gasteiger charge is 2.40. The van der Waals surface area contributed by atoms with Crippen LogP contribution in [0.2, 0.25) is 0 Å². The Balaban J connectivity index is 1.35. The SMILES string of the molecule is Cc1noc(C)c1NC(=O)N1C[C@H](O)COC[C@@H]2O[C@H](CC(=O)NCC3CCCCC3)CC[C@H]21. The van der Waals surface area contributed by atoms with Crippen LogP contribution >= 0.6 is 0 Å². The van der Waals surface area contributed by atoms with Crippen molar-refractivity contribution in [2.45, 2.75) is 89.6 Å². The minimum absolute atomic E-state index is 0.0178. The molecule has 1 aliphatic carbocycles. The van der Waals surface area contributed by atoms with Crippen molar-refractivity contribution in [1.29, 1.82) is 0 Å². The third-order valence-corrected chi connectivity index (χ3v) is 7.23. The fourth-order valence-corrected chi connectivity index (χ4v) is 5.34. The van der Waals surface area contributed by atoms with E-state index in [1.54, 1.807) is 18.7 Å². The van der Waals surface area contributed by atoms with Gasteiger partial charge >= 0.3 is 6.03 Å². The van der Waals surface area contributed by atoms with Gasteiger partial charge in [-0.05, 0) is 45.4 Å². The van der Waals surface area contributed by atoms with Gasteiger partial charge in [0.15, 0.2) is 5.76 Å². The van der Waals surface area contributed by atoms with E-state index in [1.807, 2.05) is 0 Å². The average Bonchev–Trinajstić information content (AvgIpc) is 3.13. The fraction of sp³-hybridized carbons (Fsp3) is 0.792. The number of ether oxygens (including phenoxy) is 2. The normalized spacial score (nSPS) is 28.5. The molecular formula is C24H38N4O6. The van der Waals surface area contributed by atoms with Crippen LogP contribution in [0.1, 0.15) is 62.8 Å². The topological polar surface area (TPSA) is 126 Å². The monoisotopic (exact) mass is 478 g/mol. The van der Waals surface area contributed by atoms with Crippen molar-refractivity contribution < 1.29 is 28.7 Å². The van der Waals surface area contributed by atoms with Crippen molar-refractivity contribution in [2.24, 2.45) is 5.92 Å². The number of amides is 3. The van der Waals surface area contributed by atoms with Gasteiger partial charge < -0.3 is 34.6 Å². The summed E-state index contributed by atoms with van der Waals surface area (Å²) in [6, 6.07) is -0.602. The molecule has 190 valence electrons. The van der Waals surface area contributed by atoms with Crippen LogP contribution in [0.3, 0.4) is 0 Å². The Bertz CT molecular complexity index is 820. The first-order valence-corrected chi connectivity index (χ1v) is 12.6. The number of aromatic nitrogens is 1. The van der Waals surface area contributed by atoms with Crippen molar-refractivity contribution in [3.63, 3.8) is 0 Å². The smallest absolute Gasteiger partial charge is 0.322 e. The number of hydrogen-bond acceptors (Lipinski definition) is 7. The standard InChI is InChI=1S/C24H38N4O6/c1-15-23(16(2)34-27-15)26-24(31)28-12-18(29)13-32-14-21-20(28)9-8-19(33-21)10-22(30)25-11-17-6-4-3-5-7-17/h17-21,29H,3-14H2,1-2H3,(H,25,30)(H,26,31)/t18-,19-,20+,21-/m0/s1. The summed E-state index contributed by atoms with van der Waals surface area (Å²) < 4.78 is 17.1. The molecule has 3 fully saturated rings. The Hall–Kier alpha value is -2.17. The molecule has 4 rings (SSSR count). The van der Waals surface area contributed by atoms with Gasteiger partial charge in [-0.1, -0.05) is 24.4 Å². The zero-order chi connectivity index (χ0) is 24.1. The number of hydrogen-bond donors (Lipinski definition) is 3. The Kier molecular flexibility index (Phi) is 8.44. The second-order valence-corrected chi connectivity index (χ2v) is 9.93. The number of carbonyl (C=O) groups excluding carboxylic acids is 2. The maximum atomic E-state index is 13.2. The van der Waals surface area contributed by atoms with E-state index in [2.05, 4.69) is 15.8 Å². The lowest BCUT2D eigenvalue weighted by Crippen LogP contribution is -2.58. The number of carbonyl (C=O) groups is 2. The minimum atomic E-state index is -0.792. The van der Waals surface area contributed by atoms with Crippen molar-refractivity contribution in [2.75, 3.05) is 31.6 Å². The van der Waals surface area contributed by atoms with Crippen molar-refractivity contribution in [3.05, 3.63) is 11.5 Å². The van der Waals surface area contributed by atoms with Crippen LogP contribution in [0.15, 0.2) is 4.52 Å². The van der Waals surface area contributed by atoms with E-state index >= 15 is 0 Å². The van der Waals surface area contributed by atoms with Gasteiger partial charge in [0.1, 0.15) is 17.5 Å². The summed E-state index contributed by atoms with van der Waals surface area (Å²) >= 11 is 0. The molecule has 3 amide bonds. The number of nitrogens with one attached hydrogen (secondary N) is 2. The van der Waals surface area contributed by atoms with Gasteiger partial charge in [0.2, 0.25) is 5.91 Å². The van der Waals surface area contributed by atoms with Crippen LogP contribution in [0.25, 0.3) is 0 Å². The summed E-state index contributed by atoms with van der Waals surface area (Å²) in [6.45, 7) is 4.76. The van der Waals surface area contributed by atoms with Gasteiger partial charge in [-0.15, -0.1) is 0 Å². The molecule has 2 aliphatic heterocycles. The Morgan fingerprint density at radius 1 is 1.12 bits per heavy atom. The van der Waals surface area contributed by atoms with Gasteiger partial charge in [-0.3, -0.25) is 4.79 Å². The molecule has 0 unspecified atom stereocenters. The average molecular weight is 479 g/mol. The molecular weight excluding hydrogens is 440 g/mol. The Labute approximate surface area is 200 Å². The third-order valence-electron chi connectivity index (χ3n) is 7.23. The Morgan fingerprint density at radius 3 is 2.65 bits per heavy atom. The molecule has 3 N–H and O–H groups in total. The maximum Gasteiger partial charge on any atom is 0.322 e. The summed E-state index contributed by atoms with van der Waals surface area (Å²) in [5, 5.41) is 20.2. The van der Waals surface area contributed by atoms with Crippen molar-refractivity contribution in [3.8, 4) is 0 Å². The second-order valence-electron chi connectivity index (χ2n) is 9.93. The molecule has 3 aliphatic rings. The number of anilines is 1. The minimum Gasteiger partial charge on any atom is -0.389 e. The maximum absolute atomic E-state index is 13.2. The summed E-state index contributed by atoms with van der Waals surface area (Å²) in [5.41, 5.74) is 1.14. The number of rotatable bonds is 5. The molecule has 2 saturated heterocycles. The van der Waals surface area contributed by atoms with Crippen LogP contribution in [0.4, 0.5) is 10.5 Å². The largest absolute Gasteiger partial charge is 0.389 e. The highest BCUT2D eigenvalue weighted by atomic mass is 16.5. The molecule has 1 saturated carbocycles. The molecule has 1 aromatic heterocycles. The predicted octanol–water partition coefficient (Wildman–Crippen LogP) is 2.52. The molecule has 0 spiro atoms. The number of fused-ring (bicyclic) bond motifs is 1. The van der Waals surface area contributed by atoms with Gasteiger partial charge in [0.25, 0.3) is 0 Å². The number of aliphatic hydroxyl groups is 1. The lowest BCUT2D eigenvalue weighted by Gasteiger charge is -2.44. The molecule has 10 nitrogen and oxygen atoms in total. The van der Waals surface area contributed by atoms with Gasteiger partial charge in [-0.25, -0.2) is 4.79 Å². The fourth-order valence-electron chi connectivity index (χ4n) is 5.34. The summed E-state index contributed by atoms with van der Waals surface area (Å²) in [7, 11) is 0.